The minimum atomic E-state index is -0.420. The van der Waals surface area contributed by atoms with Crippen LogP contribution in [0.3, 0.4) is 0 Å². The lowest BCUT2D eigenvalue weighted by Crippen LogP contribution is -2.35. The molecule has 172 valence electrons. The molecule has 0 spiro atoms. The Morgan fingerprint density at radius 2 is 1.94 bits per heavy atom. The molecule has 0 saturated heterocycles. The fraction of sp³-hybridized carbons (Fsp3) is 0.360. The number of methoxy groups -OCH3 is 1. The molecule has 0 aliphatic heterocycles. The molecule has 2 aromatic heterocycles. The van der Waals surface area contributed by atoms with Gasteiger partial charge in [-0.05, 0) is 59.5 Å². The van der Waals surface area contributed by atoms with E-state index in [4.69, 9.17) is 4.74 Å². The average molecular weight is 447 g/mol. The summed E-state index contributed by atoms with van der Waals surface area (Å²) in [5, 5.41) is 13.5. The van der Waals surface area contributed by atoms with Gasteiger partial charge in [0, 0.05) is 19.2 Å². The molecule has 1 atom stereocenters. The second-order valence-corrected chi connectivity index (χ2v) is 8.30. The number of tetrazole rings is 1. The third kappa shape index (κ3) is 4.86. The zero-order valence-corrected chi connectivity index (χ0v) is 19.6. The quantitative estimate of drug-likeness (QED) is 0.424. The van der Waals surface area contributed by atoms with Gasteiger partial charge in [-0.3, -0.25) is 9.69 Å². The van der Waals surface area contributed by atoms with Gasteiger partial charge in [-0.25, -0.2) is 4.68 Å². The van der Waals surface area contributed by atoms with Crippen LogP contribution in [0.4, 0.5) is 0 Å². The van der Waals surface area contributed by atoms with Gasteiger partial charge in [0.25, 0.3) is 5.56 Å². The van der Waals surface area contributed by atoms with E-state index in [1.54, 1.807) is 11.8 Å². The lowest BCUT2D eigenvalue weighted by atomic mass is 10.00. The number of pyridine rings is 1. The monoisotopic (exact) mass is 446 g/mol. The number of H-pyrrole nitrogens is 1. The standard InChI is InChI=1S/C25H30N6O2/c1-5-30(16-19-9-7-6-8-10-19)23(24-27-28-29-31(24)11-12-33-4)21-15-20-14-17(2)13-18(3)22(20)26-25(21)32/h6-10,13-15,23H,5,11-12,16H2,1-4H3,(H,26,32)/t23-/m0/s1. The van der Waals surface area contributed by atoms with Crippen LogP contribution in [0.25, 0.3) is 10.9 Å². The van der Waals surface area contributed by atoms with Crippen LogP contribution in [0.2, 0.25) is 0 Å². The maximum absolute atomic E-state index is 13.4. The molecular weight excluding hydrogens is 416 g/mol. The Hall–Kier alpha value is -3.36. The summed E-state index contributed by atoms with van der Waals surface area (Å²) in [7, 11) is 1.65. The summed E-state index contributed by atoms with van der Waals surface area (Å²) in [4.78, 5) is 18.8. The molecule has 0 aliphatic carbocycles. The highest BCUT2D eigenvalue weighted by molar-refractivity contribution is 5.83. The fourth-order valence-corrected chi connectivity index (χ4v) is 4.35. The number of benzene rings is 2. The van der Waals surface area contributed by atoms with Gasteiger partial charge < -0.3 is 9.72 Å². The Morgan fingerprint density at radius 3 is 2.67 bits per heavy atom. The van der Waals surface area contributed by atoms with E-state index in [2.05, 4.69) is 63.5 Å². The molecule has 2 heterocycles. The van der Waals surface area contributed by atoms with Crippen LogP contribution >= 0.6 is 0 Å². The number of nitrogens with one attached hydrogen (secondary N) is 1. The van der Waals surface area contributed by atoms with Crippen LogP contribution in [0.5, 0.6) is 0 Å². The number of hydrogen-bond acceptors (Lipinski definition) is 6. The first-order chi connectivity index (χ1) is 16.0. The van der Waals surface area contributed by atoms with Crippen molar-refractivity contribution in [3.05, 3.63) is 87.0 Å². The summed E-state index contributed by atoms with van der Waals surface area (Å²) < 4.78 is 6.98. The molecule has 8 heteroatoms. The highest BCUT2D eigenvalue weighted by atomic mass is 16.5. The summed E-state index contributed by atoms with van der Waals surface area (Å²) in [5.74, 6) is 0.624. The van der Waals surface area contributed by atoms with Crippen molar-refractivity contribution >= 4 is 10.9 Å². The lowest BCUT2D eigenvalue weighted by Gasteiger charge is -2.30. The van der Waals surface area contributed by atoms with Crippen molar-refractivity contribution in [2.24, 2.45) is 0 Å². The minimum Gasteiger partial charge on any atom is -0.383 e. The molecule has 4 aromatic rings. The van der Waals surface area contributed by atoms with Gasteiger partial charge in [-0.2, -0.15) is 0 Å². The van der Waals surface area contributed by atoms with Crippen molar-refractivity contribution in [3.63, 3.8) is 0 Å². The Labute approximate surface area is 193 Å². The average Bonchev–Trinajstić information content (AvgIpc) is 3.26. The summed E-state index contributed by atoms with van der Waals surface area (Å²) in [5.41, 5.74) is 4.70. The smallest absolute Gasteiger partial charge is 0.253 e. The molecule has 1 N–H and O–H groups in total. The van der Waals surface area contributed by atoms with Crippen molar-refractivity contribution in [3.8, 4) is 0 Å². The van der Waals surface area contributed by atoms with Crippen molar-refractivity contribution < 1.29 is 4.74 Å². The van der Waals surface area contributed by atoms with Crippen LogP contribution in [-0.4, -0.2) is 50.4 Å². The predicted octanol–water partition coefficient (Wildman–Crippen LogP) is 3.39. The van der Waals surface area contributed by atoms with Crippen molar-refractivity contribution in [1.29, 1.82) is 0 Å². The summed E-state index contributed by atoms with van der Waals surface area (Å²) in [6.45, 7) is 8.51. The van der Waals surface area contributed by atoms with Crippen molar-refractivity contribution in [2.45, 2.75) is 39.9 Å². The zero-order valence-electron chi connectivity index (χ0n) is 19.6. The minimum absolute atomic E-state index is 0.132. The first-order valence-corrected chi connectivity index (χ1v) is 11.2. The van der Waals surface area contributed by atoms with Gasteiger partial charge in [0.2, 0.25) is 0 Å². The van der Waals surface area contributed by atoms with E-state index in [1.165, 1.54) is 0 Å². The Balaban J connectivity index is 1.88. The number of aryl methyl sites for hydroxylation is 2. The van der Waals surface area contributed by atoms with Gasteiger partial charge in [0.15, 0.2) is 5.82 Å². The van der Waals surface area contributed by atoms with Gasteiger partial charge in [0.1, 0.15) is 6.04 Å². The predicted molar refractivity (Wildman–Crippen MR) is 128 cm³/mol. The van der Waals surface area contributed by atoms with E-state index in [-0.39, 0.29) is 5.56 Å². The highest BCUT2D eigenvalue weighted by Gasteiger charge is 2.30. The maximum atomic E-state index is 13.4. The molecule has 0 amide bonds. The largest absolute Gasteiger partial charge is 0.383 e. The first-order valence-electron chi connectivity index (χ1n) is 11.2. The van der Waals surface area contributed by atoms with Crippen LogP contribution in [-0.2, 0) is 17.8 Å². The van der Waals surface area contributed by atoms with Crippen LogP contribution in [0, 0.1) is 13.8 Å². The third-order valence-electron chi connectivity index (χ3n) is 5.93. The first kappa shape index (κ1) is 22.8. The number of hydrogen-bond donors (Lipinski definition) is 1. The lowest BCUT2D eigenvalue weighted by molar-refractivity contribution is 0.174. The summed E-state index contributed by atoms with van der Waals surface area (Å²) >= 11 is 0. The molecule has 4 rings (SSSR count). The number of rotatable bonds is 9. The SMILES string of the molecule is CCN(Cc1ccccc1)[C@@H](c1cc2cc(C)cc(C)c2[nH]c1=O)c1nnnn1CCOC. The molecular formula is C25H30N6O2. The van der Waals surface area contributed by atoms with Gasteiger partial charge in [-0.1, -0.05) is 48.9 Å². The van der Waals surface area contributed by atoms with E-state index in [1.807, 2.05) is 31.2 Å². The molecule has 0 saturated carbocycles. The molecule has 0 radical (unpaired) electrons. The number of aromatic amines is 1. The van der Waals surface area contributed by atoms with Crippen LogP contribution < -0.4 is 5.56 Å². The van der Waals surface area contributed by atoms with E-state index in [0.717, 1.165) is 27.6 Å². The number of ether oxygens (including phenoxy) is 1. The normalized spacial score (nSPS) is 12.5. The zero-order chi connectivity index (χ0) is 23.4. The third-order valence-corrected chi connectivity index (χ3v) is 5.93. The molecule has 0 bridgehead atoms. The molecule has 2 aromatic carbocycles. The van der Waals surface area contributed by atoms with Crippen LogP contribution in [0.1, 0.15) is 41.0 Å². The second kappa shape index (κ2) is 10.1. The van der Waals surface area contributed by atoms with Gasteiger partial charge >= 0.3 is 0 Å². The molecule has 8 nitrogen and oxygen atoms in total. The second-order valence-electron chi connectivity index (χ2n) is 8.30. The molecule has 33 heavy (non-hydrogen) atoms. The molecule has 0 aliphatic rings. The van der Waals surface area contributed by atoms with E-state index < -0.39 is 6.04 Å². The summed E-state index contributed by atoms with van der Waals surface area (Å²) in [6.07, 6.45) is 0. The maximum Gasteiger partial charge on any atom is 0.253 e. The van der Waals surface area contributed by atoms with Crippen molar-refractivity contribution in [1.82, 2.24) is 30.1 Å². The molecule has 0 unspecified atom stereocenters. The van der Waals surface area contributed by atoms with Crippen molar-refractivity contribution in [2.75, 3.05) is 20.3 Å². The number of nitrogens with zero attached hydrogens (tertiary/aromatic N) is 5. The van der Waals surface area contributed by atoms with Gasteiger partial charge in [0.05, 0.1) is 18.7 Å². The summed E-state index contributed by atoms with van der Waals surface area (Å²) in [6, 6.07) is 16.0. The van der Waals surface area contributed by atoms with Gasteiger partial charge in [-0.15, -0.1) is 5.10 Å². The topological polar surface area (TPSA) is 88.9 Å². The number of aromatic nitrogens is 5. The fourth-order valence-electron chi connectivity index (χ4n) is 4.35. The Bertz CT molecular complexity index is 1280. The Morgan fingerprint density at radius 1 is 1.15 bits per heavy atom. The van der Waals surface area contributed by atoms with Crippen LogP contribution in [0.15, 0.2) is 53.3 Å². The Kier molecular flexibility index (Phi) is 6.96. The van der Waals surface area contributed by atoms with E-state index >= 15 is 0 Å². The number of fused-ring (bicyclic) bond motifs is 1. The highest BCUT2D eigenvalue weighted by Crippen LogP contribution is 2.29. The van der Waals surface area contributed by atoms with E-state index in [9.17, 15) is 4.79 Å². The van der Waals surface area contributed by atoms with E-state index in [0.29, 0.717) is 37.6 Å². The molecule has 0 fully saturated rings.